The maximum atomic E-state index is 9.11. The van der Waals surface area contributed by atoms with E-state index in [9.17, 15) is 0 Å². The predicted molar refractivity (Wildman–Crippen MR) is 69.4 cm³/mol. The number of aliphatic hydroxyl groups is 1. The number of rotatable bonds is 4. The highest BCUT2D eigenvalue weighted by molar-refractivity contribution is 5.26. The molecule has 2 rings (SSSR count). The minimum atomic E-state index is 0.341. The Morgan fingerprint density at radius 1 is 1.18 bits per heavy atom. The third-order valence-corrected chi connectivity index (χ3v) is 3.70. The summed E-state index contributed by atoms with van der Waals surface area (Å²) in [7, 11) is 0. The van der Waals surface area contributed by atoms with E-state index >= 15 is 0 Å². The molecule has 0 saturated carbocycles. The fourth-order valence-electron chi connectivity index (χ4n) is 2.48. The predicted octanol–water partition coefficient (Wildman–Crippen LogP) is 1.35. The number of benzene rings is 1. The van der Waals surface area contributed by atoms with Crippen molar-refractivity contribution in [2.24, 2.45) is 11.7 Å². The average Bonchev–Trinajstić information content (AvgIpc) is 2.40. The van der Waals surface area contributed by atoms with Gasteiger partial charge in [0.1, 0.15) is 0 Å². The zero-order chi connectivity index (χ0) is 12.1. The van der Waals surface area contributed by atoms with E-state index in [1.54, 1.807) is 0 Å². The second-order valence-corrected chi connectivity index (χ2v) is 4.87. The molecule has 0 aromatic heterocycles. The van der Waals surface area contributed by atoms with Crippen LogP contribution in [0.5, 0.6) is 0 Å². The van der Waals surface area contributed by atoms with Crippen molar-refractivity contribution >= 4 is 0 Å². The minimum Gasteiger partial charge on any atom is -0.396 e. The van der Waals surface area contributed by atoms with Gasteiger partial charge in [-0.25, -0.2) is 0 Å². The fraction of sp³-hybridized carbons (Fsp3) is 0.571. The van der Waals surface area contributed by atoms with Crippen LogP contribution < -0.4 is 5.73 Å². The number of piperidine rings is 1. The number of hydrogen-bond acceptors (Lipinski definition) is 3. The molecule has 1 heterocycles. The zero-order valence-corrected chi connectivity index (χ0v) is 10.3. The van der Waals surface area contributed by atoms with Gasteiger partial charge in [-0.2, -0.15) is 0 Å². The standard InChI is InChI=1S/C14H22N2O/c15-9-13-3-1-2-4-14(13)10-16-7-5-12(11-17)6-8-16/h1-4,12,17H,5-11,15H2. The summed E-state index contributed by atoms with van der Waals surface area (Å²) in [5.41, 5.74) is 8.34. The summed E-state index contributed by atoms with van der Waals surface area (Å²) in [6.07, 6.45) is 2.22. The van der Waals surface area contributed by atoms with Crippen LogP contribution in [0.25, 0.3) is 0 Å². The lowest BCUT2D eigenvalue weighted by molar-refractivity contribution is 0.127. The zero-order valence-electron chi connectivity index (χ0n) is 10.3. The van der Waals surface area contributed by atoms with Gasteiger partial charge in [0.2, 0.25) is 0 Å². The lowest BCUT2D eigenvalue weighted by Gasteiger charge is -2.31. The minimum absolute atomic E-state index is 0.341. The van der Waals surface area contributed by atoms with Crippen LogP contribution in [0.1, 0.15) is 24.0 Å². The molecule has 1 aliphatic heterocycles. The molecule has 1 saturated heterocycles. The Bertz CT molecular complexity index is 346. The summed E-state index contributed by atoms with van der Waals surface area (Å²) in [5.74, 6) is 0.510. The van der Waals surface area contributed by atoms with Crippen LogP contribution >= 0.6 is 0 Å². The molecule has 3 heteroatoms. The van der Waals surface area contributed by atoms with E-state index in [1.165, 1.54) is 11.1 Å². The molecule has 1 aromatic carbocycles. The van der Waals surface area contributed by atoms with Gasteiger partial charge in [0.05, 0.1) is 0 Å². The van der Waals surface area contributed by atoms with Gasteiger partial charge >= 0.3 is 0 Å². The molecule has 0 radical (unpaired) electrons. The molecule has 1 fully saturated rings. The third kappa shape index (κ3) is 3.28. The number of likely N-dealkylation sites (tertiary alicyclic amines) is 1. The number of hydrogen-bond donors (Lipinski definition) is 2. The Morgan fingerprint density at radius 2 is 1.82 bits per heavy atom. The normalized spacial score (nSPS) is 18.5. The molecule has 0 atom stereocenters. The lowest BCUT2D eigenvalue weighted by Crippen LogP contribution is -2.34. The lowest BCUT2D eigenvalue weighted by atomic mass is 9.97. The second kappa shape index (κ2) is 6.15. The summed E-state index contributed by atoms with van der Waals surface area (Å²) >= 11 is 0. The van der Waals surface area contributed by atoms with Gasteiger partial charge in [-0.15, -0.1) is 0 Å². The van der Waals surface area contributed by atoms with Crippen LogP contribution in [-0.2, 0) is 13.1 Å². The smallest absolute Gasteiger partial charge is 0.0460 e. The van der Waals surface area contributed by atoms with Gasteiger partial charge < -0.3 is 10.8 Å². The third-order valence-electron chi connectivity index (χ3n) is 3.70. The van der Waals surface area contributed by atoms with Crippen LogP contribution in [0.4, 0.5) is 0 Å². The largest absolute Gasteiger partial charge is 0.396 e. The van der Waals surface area contributed by atoms with Gasteiger partial charge in [-0.05, 0) is 43.0 Å². The second-order valence-electron chi connectivity index (χ2n) is 4.87. The van der Waals surface area contributed by atoms with Crippen LogP contribution in [0.15, 0.2) is 24.3 Å². The first-order valence-corrected chi connectivity index (χ1v) is 6.43. The average molecular weight is 234 g/mol. The van der Waals surface area contributed by atoms with Crippen molar-refractivity contribution in [3.8, 4) is 0 Å². The highest BCUT2D eigenvalue weighted by atomic mass is 16.3. The van der Waals surface area contributed by atoms with E-state index in [-0.39, 0.29) is 0 Å². The molecule has 0 unspecified atom stereocenters. The first kappa shape index (κ1) is 12.6. The maximum Gasteiger partial charge on any atom is 0.0460 e. The van der Waals surface area contributed by atoms with Gasteiger partial charge in [-0.3, -0.25) is 4.90 Å². The first-order chi connectivity index (χ1) is 8.33. The van der Waals surface area contributed by atoms with Crippen LogP contribution in [0.2, 0.25) is 0 Å². The molecular formula is C14H22N2O. The van der Waals surface area contributed by atoms with E-state index in [2.05, 4.69) is 23.1 Å². The Morgan fingerprint density at radius 3 is 2.41 bits per heavy atom. The number of nitrogens with two attached hydrogens (primary N) is 1. The molecule has 3 N–H and O–H groups in total. The highest BCUT2D eigenvalue weighted by Crippen LogP contribution is 2.19. The molecule has 1 aliphatic rings. The van der Waals surface area contributed by atoms with E-state index in [4.69, 9.17) is 10.8 Å². The summed E-state index contributed by atoms with van der Waals surface area (Å²) in [4.78, 5) is 2.46. The first-order valence-electron chi connectivity index (χ1n) is 6.43. The topological polar surface area (TPSA) is 49.5 Å². The molecule has 1 aromatic rings. The van der Waals surface area contributed by atoms with Crippen molar-refractivity contribution < 1.29 is 5.11 Å². The summed E-state index contributed by atoms with van der Waals surface area (Å²) in [6.45, 7) is 4.12. The molecule has 0 amide bonds. The molecule has 0 bridgehead atoms. The van der Waals surface area contributed by atoms with Crippen molar-refractivity contribution in [2.45, 2.75) is 25.9 Å². The van der Waals surface area contributed by atoms with Crippen molar-refractivity contribution in [1.29, 1.82) is 0 Å². The van der Waals surface area contributed by atoms with E-state index in [0.717, 1.165) is 32.5 Å². The Labute approximate surface area is 103 Å². The van der Waals surface area contributed by atoms with Crippen molar-refractivity contribution in [1.82, 2.24) is 4.90 Å². The van der Waals surface area contributed by atoms with E-state index in [1.807, 2.05) is 6.07 Å². The Balaban J connectivity index is 1.93. The van der Waals surface area contributed by atoms with Crippen LogP contribution in [0.3, 0.4) is 0 Å². The molecular weight excluding hydrogens is 212 g/mol. The van der Waals surface area contributed by atoms with Crippen molar-refractivity contribution in [3.63, 3.8) is 0 Å². The summed E-state index contributed by atoms with van der Waals surface area (Å²) in [6, 6.07) is 8.40. The molecule has 0 aliphatic carbocycles. The SMILES string of the molecule is NCc1ccccc1CN1CCC(CO)CC1. The fourth-order valence-corrected chi connectivity index (χ4v) is 2.48. The van der Waals surface area contributed by atoms with Gasteiger partial charge in [0, 0.05) is 19.7 Å². The summed E-state index contributed by atoms with van der Waals surface area (Å²) in [5, 5.41) is 9.11. The Kier molecular flexibility index (Phi) is 4.54. The Hall–Kier alpha value is -0.900. The van der Waals surface area contributed by atoms with E-state index in [0.29, 0.717) is 19.1 Å². The van der Waals surface area contributed by atoms with Gasteiger partial charge in [0.25, 0.3) is 0 Å². The molecule has 3 nitrogen and oxygen atoms in total. The van der Waals surface area contributed by atoms with Crippen LogP contribution in [0, 0.1) is 5.92 Å². The maximum absolute atomic E-state index is 9.11. The van der Waals surface area contributed by atoms with E-state index < -0.39 is 0 Å². The molecule has 0 spiro atoms. The van der Waals surface area contributed by atoms with Gasteiger partial charge in [0.15, 0.2) is 0 Å². The quantitative estimate of drug-likeness (QED) is 0.827. The number of aliphatic hydroxyl groups excluding tert-OH is 1. The molecule has 94 valence electrons. The van der Waals surface area contributed by atoms with Gasteiger partial charge in [-0.1, -0.05) is 24.3 Å². The molecule has 17 heavy (non-hydrogen) atoms. The van der Waals surface area contributed by atoms with Crippen LogP contribution in [-0.4, -0.2) is 29.7 Å². The highest BCUT2D eigenvalue weighted by Gasteiger charge is 2.18. The number of nitrogens with zero attached hydrogens (tertiary/aromatic N) is 1. The van der Waals surface area contributed by atoms with Crippen molar-refractivity contribution in [3.05, 3.63) is 35.4 Å². The summed E-state index contributed by atoms with van der Waals surface area (Å²) < 4.78 is 0. The monoisotopic (exact) mass is 234 g/mol. The van der Waals surface area contributed by atoms with Crippen molar-refractivity contribution in [2.75, 3.05) is 19.7 Å².